The highest BCUT2D eigenvalue weighted by molar-refractivity contribution is 7.85. The molecule has 0 aliphatic carbocycles. The SMILES string of the molecule is C=CC[C@@]1(C)C[C@H](c2cccc(Cl)c2)[C@@H](c2ccc(Cl)cc2)[N+]2=C1OC[C@@H]2C(C)C.Cc1ccc(S(=O)(=O)[O-])cc1. The van der Waals surface area contributed by atoms with Crippen molar-refractivity contribution in [3.05, 3.63) is 112 Å². The first kappa shape index (κ1) is 31.3. The Bertz CT molecular complexity index is 1520. The molecule has 2 heterocycles. The Kier molecular flexibility index (Phi) is 9.70. The van der Waals surface area contributed by atoms with Crippen molar-refractivity contribution in [3.63, 3.8) is 0 Å². The quantitative estimate of drug-likeness (QED) is 0.160. The number of hydrogen-bond acceptors (Lipinski definition) is 4. The zero-order chi connectivity index (χ0) is 29.9. The number of nitrogens with zero attached hydrogens (tertiary/aromatic N) is 1. The Labute approximate surface area is 254 Å². The monoisotopic (exact) mass is 613 g/mol. The van der Waals surface area contributed by atoms with Gasteiger partial charge in [0, 0.05) is 21.5 Å². The van der Waals surface area contributed by atoms with Crippen molar-refractivity contribution in [2.75, 3.05) is 6.61 Å². The van der Waals surface area contributed by atoms with E-state index in [1.54, 1.807) is 12.1 Å². The van der Waals surface area contributed by atoms with Crippen molar-refractivity contribution in [2.24, 2.45) is 11.3 Å². The molecule has 5 rings (SSSR count). The summed E-state index contributed by atoms with van der Waals surface area (Å²) in [7, 11) is -4.27. The summed E-state index contributed by atoms with van der Waals surface area (Å²) in [6, 6.07) is 22.9. The molecule has 0 radical (unpaired) electrons. The van der Waals surface area contributed by atoms with Crippen LogP contribution in [0.25, 0.3) is 0 Å². The van der Waals surface area contributed by atoms with Gasteiger partial charge in [-0.15, -0.1) is 6.58 Å². The number of rotatable bonds is 6. The van der Waals surface area contributed by atoms with Gasteiger partial charge in [-0.1, -0.05) is 85.1 Å². The number of benzene rings is 3. The average Bonchev–Trinajstić information content (AvgIpc) is 3.36. The molecule has 0 spiro atoms. The standard InChI is InChI=1S/C26H30Cl2NO.C7H8O3S/c1-5-13-26(4)15-22(19-7-6-8-21(28)14-19)24(18-9-11-20(27)12-10-18)29-23(17(2)3)16-30-25(26)29;1-6-2-4-7(5-3-6)11(8,9)10/h5-12,14,17,22-24H,1,13,15-16H2,2-4H3;2-5H,1H3,(H,8,9,10)/q+1;/p-1/t22-,23-,24-,26+;/m1./s1. The maximum Gasteiger partial charge on any atom is 0.343 e. The molecule has 41 heavy (non-hydrogen) atoms. The highest BCUT2D eigenvalue weighted by atomic mass is 35.5. The van der Waals surface area contributed by atoms with Gasteiger partial charge in [0.15, 0.2) is 18.7 Å². The molecule has 0 fully saturated rings. The fraction of sp³-hybridized carbons (Fsp3) is 0.364. The van der Waals surface area contributed by atoms with Gasteiger partial charge < -0.3 is 9.29 Å². The minimum Gasteiger partial charge on any atom is -0.744 e. The Morgan fingerprint density at radius 3 is 2.27 bits per heavy atom. The maximum absolute atomic E-state index is 10.4. The third kappa shape index (κ3) is 7.06. The molecule has 4 atom stereocenters. The van der Waals surface area contributed by atoms with Crippen molar-refractivity contribution >= 4 is 39.2 Å². The molecule has 0 N–H and O–H groups in total. The van der Waals surface area contributed by atoms with Gasteiger partial charge >= 0.3 is 5.90 Å². The van der Waals surface area contributed by atoms with Gasteiger partial charge in [-0.3, -0.25) is 0 Å². The smallest absolute Gasteiger partial charge is 0.343 e. The van der Waals surface area contributed by atoms with Crippen molar-refractivity contribution in [1.82, 2.24) is 0 Å². The van der Waals surface area contributed by atoms with Gasteiger partial charge in [-0.05, 0) is 68.7 Å². The molecule has 2 aliphatic rings. The van der Waals surface area contributed by atoms with E-state index >= 15 is 0 Å². The van der Waals surface area contributed by atoms with Crippen molar-refractivity contribution < 1.29 is 22.3 Å². The van der Waals surface area contributed by atoms with Crippen LogP contribution in [0.2, 0.25) is 10.0 Å². The zero-order valence-electron chi connectivity index (χ0n) is 23.9. The molecule has 0 unspecified atom stereocenters. The molecule has 218 valence electrons. The summed E-state index contributed by atoms with van der Waals surface area (Å²) >= 11 is 12.7. The fourth-order valence-electron chi connectivity index (χ4n) is 5.96. The Balaban J connectivity index is 0.000000296. The van der Waals surface area contributed by atoms with Crippen molar-refractivity contribution in [1.29, 1.82) is 0 Å². The molecule has 0 bridgehead atoms. The predicted molar refractivity (Wildman–Crippen MR) is 165 cm³/mol. The first-order valence-corrected chi connectivity index (χ1v) is 15.9. The predicted octanol–water partition coefficient (Wildman–Crippen LogP) is 8.17. The lowest BCUT2D eigenvalue weighted by atomic mass is 9.69. The lowest BCUT2D eigenvalue weighted by molar-refractivity contribution is -0.616. The van der Waals surface area contributed by atoms with Crippen LogP contribution in [0.1, 0.15) is 62.3 Å². The van der Waals surface area contributed by atoms with E-state index in [0.29, 0.717) is 12.0 Å². The number of hydrogen-bond donors (Lipinski definition) is 0. The summed E-state index contributed by atoms with van der Waals surface area (Å²) in [6.07, 6.45) is 3.88. The minimum atomic E-state index is -4.27. The lowest BCUT2D eigenvalue weighted by Gasteiger charge is -2.39. The van der Waals surface area contributed by atoms with E-state index in [0.717, 1.165) is 41.0 Å². The van der Waals surface area contributed by atoms with Crippen LogP contribution in [0, 0.1) is 18.3 Å². The number of aryl methyl sites for hydroxylation is 1. The zero-order valence-corrected chi connectivity index (χ0v) is 26.2. The van der Waals surface area contributed by atoms with Gasteiger partial charge in [0.25, 0.3) is 0 Å². The van der Waals surface area contributed by atoms with Gasteiger partial charge in [-0.25, -0.2) is 8.42 Å². The van der Waals surface area contributed by atoms with E-state index in [1.807, 2.05) is 31.2 Å². The molecule has 0 aromatic heterocycles. The highest BCUT2D eigenvalue weighted by Crippen LogP contribution is 2.51. The van der Waals surface area contributed by atoms with Crippen LogP contribution in [-0.4, -0.2) is 36.1 Å². The second-order valence-corrected chi connectivity index (χ2v) is 13.8. The second kappa shape index (κ2) is 12.7. The lowest BCUT2D eigenvalue weighted by Crippen LogP contribution is -2.46. The van der Waals surface area contributed by atoms with E-state index in [9.17, 15) is 13.0 Å². The Morgan fingerprint density at radius 1 is 1.05 bits per heavy atom. The van der Waals surface area contributed by atoms with E-state index in [4.69, 9.17) is 27.9 Å². The summed E-state index contributed by atoms with van der Waals surface area (Å²) < 4.78 is 40.2. The fourth-order valence-corrected chi connectivity index (χ4v) is 6.76. The van der Waals surface area contributed by atoms with Crippen molar-refractivity contribution in [3.8, 4) is 0 Å². The van der Waals surface area contributed by atoms with Gasteiger partial charge in [0.2, 0.25) is 0 Å². The van der Waals surface area contributed by atoms with Crippen molar-refractivity contribution in [2.45, 2.75) is 63.4 Å². The molecular weight excluding hydrogens is 577 g/mol. The molecule has 0 saturated heterocycles. The van der Waals surface area contributed by atoms with Crippen LogP contribution in [0.3, 0.4) is 0 Å². The summed E-state index contributed by atoms with van der Waals surface area (Å²) in [5.41, 5.74) is 3.36. The van der Waals surface area contributed by atoms with Gasteiger partial charge in [-0.2, -0.15) is 4.58 Å². The summed E-state index contributed by atoms with van der Waals surface area (Å²) in [6.45, 7) is 13.5. The number of ether oxygens (including phenoxy) is 1. The Hall–Kier alpha value is -2.64. The van der Waals surface area contributed by atoms with E-state index in [2.05, 4.69) is 62.3 Å². The first-order valence-electron chi connectivity index (χ1n) is 13.8. The summed E-state index contributed by atoms with van der Waals surface area (Å²) in [5.74, 6) is 1.87. The average molecular weight is 615 g/mol. The van der Waals surface area contributed by atoms with Crippen LogP contribution < -0.4 is 0 Å². The molecular formula is C33H37Cl2NO4S. The summed E-state index contributed by atoms with van der Waals surface area (Å²) in [4.78, 5) is -0.178. The Morgan fingerprint density at radius 2 is 1.71 bits per heavy atom. The van der Waals surface area contributed by atoms with Crippen LogP contribution in [0.5, 0.6) is 0 Å². The van der Waals surface area contributed by atoms with Gasteiger partial charge in [0.05, 0.1) is 16.2 Å². The highest BCUT2D eigenvalue weighted by Gasteiger charge is 2.57. The molecule has 3 aromatic carbocycles. The minimum absolute atomic E-state index is 0.0959. The van der Waals surface area contributed by atoms with E-state index in [-0.39, 0.29) is 22.3 Å². The number of halogens is 2. The molecule has 2 aliphatic heterocycles. The second-order valence-electron chi connectivity index (χ2n) is 11.5. The molecule has 5 nitrogen and oxygen atoms in total. The molecule has 0 amide bonds. The topological polar surface area (TPSA) is 69.4 Å². The maximum atomic E-state index is 10.4. The molecule has 3 aromatic rings. The van der Waals surface area contributed by atoms with E-state index < -0.39 is 10.1 Å². The third-order valence-electron chi connectivity index (χ3n) is 8.01. The van der Waals surface area contributed by atoms with Crippen LogP contribution >= 0.6 is 23.2 Å². The van der Waals surface area contributed by atoms with Gasteiger partial charge in [0.1, 0.15) is 10.1 Å². The molecule has 8 heteroatoms. The first-order chi connectivity index (χ1) is 19.3. The number of allylic oxidation sites excluding steroid dienone is 1. The molecule has 0 saturated carbocycles. The third-order valence-corrected chi connectivity index (χ3v) is 9.35. The van der Waals surface area contributed by atoms with E-state index in [1.165, 1.54) is 23.3 Å². The normalized spacial score (nSPS) is 23.9. The summed E-state index contributed by atoms with van der Waals surface area (Å²) in [5, 5.41) is 1.54. The van der Waals surface area contributed by atoms with Crippen LogP contribution in [0.4, 0.5) is 0 Å². The van der Waals surface area contributed by atoms with Crippen LogP contribution in [-0.2, 0) is 14.9 Å². The largest absolute Gasteiger partial charge is 0.744 e. The van der Waals surface area contributed by atoms with Crippen LogP contribution in [0.15, 0.2) is 90.3 Å².